The fraction of sp³-hybridized carbons (Fsp3) is 0.562. The Kier molecular flexibility index (Phi) is 3.98. The van der Waals surface area contributed by atoms with E-state index in [4.69, 9.17) is 9.26 Å². The topological polar surface area (TPSA) is 73.1 Å². The lowest BCUT2D eigenvalue weighted by Gasteiger charge is -2.38. The van der Waals surface area contributed by atoms with E-state index in [2.05, 4.69) is 20.4 Å². The summed E-state index contributed by atoms with van der Waals surface area (Å²) in [6.07, 6.45) is 4.99. The van der Waals surface area contributed by atoms with E-state index in [0.717, 1.165) is 43.0 Å². The molecular formula is C16H20N4O2S. The summed E-state index contributed by atoms with van der Waals surface area (Å²) in [5.74, 6) is 4.34. The van der Waals surface area contributed by atoms with Crippen LogP contribution in [0.1, 0.15) is 25.1 Å². The van der Waals surface area contributed by atoms with Crippen molar-refractivity contribution >= 4 is 17.6 Å². The summed E-state index contributed by atoms with van der Waals surface area (Å²) in [5, 5.41) is 7.40. The van der Waals surface area contributed by atoms with E-state index in [0.29, 0.717) is 17.8 Å². The third-order valence-electron chi connectivity index (χ3n) is 4.45. The number of pyridine rings is 1. The van der Waals surface area contributed by atoms with Crippen molar-refractivity contribution in [1.82, 2.24) is 15.1 Å². The highest BCUT2D eigenvalue weighted by Gasteiger charge is 2.40. The maximum Gasteiger partial charge on any atom is 0.258 e. The fourth-order valence-electron chi connectivity index (χ4n) is 3.28. The molecule has 2 aromatic heterocycles. The minimum Gasteiger partial charge on any atom is -0.374 e. The summed E-state index contributed by atoms with van der Waals surface area (Å²) in [4.78, 5) is 8.70. The molecule has 7 heteroatoms. The molecule has 122 valence electrons. The van der Waals surface area contributed by atoms with E-state index >= 15 is 0 Å². The van der Waals surface area contributed by atoms with Crippen LogP contribution in [0.3, 0.4) is 0 Å². The van der Waals surface area contributed by atoms with Crippen molar-refractivity contribution in [3.63, 3.8) is 0 Å². The molecular weight excluding hydrogens is 312 g/mol. The quantitative estimate of drug-likeness (QED) is 0.926. The zero-order valence-electron chi connectivity index (χ0n) is 13.1. The van der Waals surface area contributed by atoms with Crippen LogP contribution in [0.15, 0.2) is 22.9 Å². The molecule has 2 fully saturated rings. The van der Waals surface area contributed by atoms with Crippen LogP contribution >= 0.6 is 11.8 Å². The lowest BCUT2D eigenvalue weighted by atomic mass is 9.90. The Morgan fingerprint density at radius 1 is 1.43 bits per heavy atom. The first-order valence-corrected chi connectivity index (χ1v) is 9.13. The van der Waals surface area contributed by atoms with E-state index in [1.807, 2.05) is 30.8 Å². The number of hydrogen-bond acceptors (Lipinski definition) is 7. The Hall–Kier alpha value is -1.60. The minimum absolute atomic E-state index is 0.0712. The number of thioether (sulfide) groups is 1. The highest BCUT2D eigenvalue weighted by atomic mass is 32.2. The average molecular weight is 332 g/mol. The zero-order valence-corrected chi connectivity index (χ0v) is 13.9. The number of nitrogens with zero attached hydrogens (tertiary/aromatic N) is 3. The number of rotatable bonds is 3. The number of aryl methyl sites for hydroxylation is 1. The Morgan fingerprint density at radius 3 is 3.17 bits per heavy atom. The van der Waals surface area contributed by atoms with Gasteiger partial charge in [0.25, 0.3) is 5.89 Å². The summed E-state index contributed by atoms with van der Waals surface area (Å²) in [6.45, 7) is 2.63. The first-order valence-electron chi connectivity index (χ1n) is 7.97. The summed E-state index contributed by atoms with van der Waals surface area (Å²) in [5.41, 5.74) is 0.961. The molecule has 4 heterocycles. The highest BCUT2D eigenvalue weighted by Crippen LogP contribution is 2.39. The maximum absolute atomic E-state index is 6.08. The van der Waals surface area contributed by atoms with Gasteiger partial charge in [-0.3, -0.25) is 0 Å². The van der Waals surface area contributed by atoms with Crippen LogP contribution < -0.4 is 5.32 Å². The fourth-order valence-corrected chi connectivity index (χ4v) is 4.66. The molecule has 1 N–H and O–H groups in total. The number of anilines is 1. The van der Waals surface area contributed by atoms with Crippen molar-refractivity contribution in [3.8, 4) is 11.5 Å². The molecule has 0 aliphatic carbocycles. The highest BCUT2D eigenvalue weighted by molar-refractivity contribution is 7.99. The van der Waals surface area contributed by atoms with E-state index in [1.54, 1.807) is 6.20 Å². The second kappa shape index (κ2) is 6.13. The maximum atomic E-state index is 6.08. The van der Waals surface area contributed by atoms with Gasteiger partial charge in [-0.2, -0.15) is 16.7 Å². The molecule has 0 amide bonds. The molecule has 2 aromatic rings. The lowest BCUT2D eigenvalue weighted by Crippen LogP contribution is -2.44. The summed E-state index contributed by atoms with van der Waals surface area (Å²) < 4.78 is 11.3. The number of nitrogens with one attached hydrogen (secondary N) is 1. The van der Waals surface area contributed by atoms with Crippen LogP contribution in [0.25, 0.3) is 11.5 Å². The molecule has 0 bridgehead atoms. The van der Waals surface area contributed by atoms with Gasteiger partial charge in [-0.1, -0.05) is 5.16 Å². The van der Waals surface area contributed by atoms with Crippen molar-refractivity contribution in [2.45, 2.75) is 37.8 Å². The van der Waals surface area contributed by atoms with Gasteiger partial charge in [0, 0.05) is 30.2 Å². The molecule has 4 rings (SSSR count). The predicted octanol–water partition coefficient (Wildman–Crippen LogP) is 2.91. The Morgan fingerprint density at radius 2 is 2.39 bits per heavy atom. The molecule has 0 saturated carbocycles. The van der Waals surface area contributed by atoms with Gasteiger partial charge < -0.3 is 14.6 Å². The third kappa shape index (κ3) is 3.21. The summed E-state index contributed by atoms with van der Waals surface area (Å²) in [7, 11) is 0. The SMILES string of the molecule is Cc1noc(-c2ccnc(N[C@@H]3CCO[C@]4(CCSC4)C3)c2)n1. The molecule has 0 radical (unpaired) electrons. The van der Waals surface area contributed by atoms with Crippen LogP contribution in [0, 0.1) is 6.92 Å². The van der Waals surface area contributed by atoms with Gasteiger partial charge in [0.05, 0.1) is 5.60 Å². The molecule has 2 aliphatic heterocycles. The molecule has 2 aliphatic rings. The van der Waals surface area contributed by atoms with Crippen molar-refractivity contribution in [3.05, 3.63) is 24.2 Å². The zero-order chi connectivity index (χ0) is 15.7. The Balaban J connectivity index is 1.48. The predicted molar refractivity (Wildman–Crippen MR) is 89.5 cm³/mol. The molecule has 2 atom stereocenters. The average Bonchev–Trinajstić information content (AvgIpc) is 3.17. The Bertz CT molecular complexity index is 684. The van der Waals surface area contributed by atoms with E-state index < -0.39 is 0 Å². The van der Waals surface area contributed by atoms with Crippen LogP contribution in [0.4, 0.5) is 5.82 Å². The van der Waals surface area contributed by atoms with Crippen molar-refractivity contribution in [1.29, 1.82) is 0 Å². The standard InChI is InChI=1S/C16H20N4O2S/c1-11-18-15(22-20-11)12-2-5-17-14(8-12)19-13-3-6-21-16(9-13)4-7-23-10-16/h2,5,8,13H,3-4,6-7,9-10H2,1H3,(H,17,19)/t13-,16-/m1/s1. The molecule has 6 nitrogen and oxygen atoms in total. The summed E-state index contributed by atoms with van der Waals surface area (Å²) >= 11 is 1.99. The first-order chi connectivity index (χ1) is 11.2. The van der Waals surface area contributed by atoms with Gasteiger partial charge in [-0.05, 0) is 44.1 Å². The number of aromatic nitrogens is 3. The van der Waals surface area contributed by atoms with Crippen LogP contribution in [0.2, 0.25) is 0 Å². The summed E-state index contributed by atoms with van der Waals surface area (Å²) in [6, 6.07) is 4.25. The second-order valence-electron chi connectivity index (χ2n) is 6.24. The smallest absolute Gasteiger partial charge is 0.258 e. The first kappa shape index (κ1) is 15.0. The molecule has 1 spiro atoms. The van der Waals surface area contributed by atoms with Crippen LogP contribution in [-0.2, 0) is 4.74 Å². The Labute approximate surface area is 139 Å². The second-order valence-corrected chi connectivity index (χ2v) is 7.35. The van der Waals surface area contributed by atoms with Gasteiger partial charge in [0.1, 0.15) is 5.82 Å². The molecule has 0 aromatic carbocycles. The molecule has 2 saturated heterocycles. The number of hydrogen-bond donors (Lipinski definition) is 1. The third-order valence-corrected chi connectivity index (χ3v) is 5.67. The van der Waals surface area contributed by atoms with Crippen molar-refractivity contribution in [2.24, 2.45) is 0 Å². The monoisotopic (exact) mass is 332 g/mol. The van der Waals surface area contributed by atoms with Gasteiger partial charge in [0.15, 0.2) is 5.82 Å². The lowest BCUT2D eigenvalue weighted by molar-refractivity contribution is -0.0628. The van der Waals surface area contributed by atoms with Gasteiger partial charge in [0.2, 0.25) is 0 Å². The van der Waals surface area contributed by atoms with Crippen molar-refractivity contribution < 1.29 is 9.26 Å². The van der Waals surface area contributed by atoms with E-state index in [1.165, 1.54) is 5.75 Å². The van der Waals surface area contributed by atoms with Crippen LogP contribution in [0.5, 0.6) is 0 Å². The van der Waals surface area contributed by atoms with Crippen LogP contribution in [-0.4, -0.2) is 44.9 Å². The van der Waals surface area contributed by atoms with E-state index in [9.17, 15) is 0 Å². The minimum atomic E-state index is 0.0712. The molecule has 0 unspecified atom stereocenters. The van der Waals surface area contributed by atoms with E-state index in [-0.39, 0.29) is 5.60 Å². The number of ether oxygens (including phenoxy) is 1. The largest absolute Gasteiger partial charge is 0.374 e. The van der Waals surface area contributed by atoms with Gasteiger partial charge in [-0.15, -0.1) is 0 Å². The van der Waals surface area contributed by atoms with Gasteiger partial charge in [-0.25, -0.2) is 4.98 Å². The normalized spacial score (nSPS) is 27.4. The molecule has 23 heavy (non-hydrogen) atoms. The van der Waals surface area contributed by atoms with Gasteiger partial charge >= 0.3 is 0 Å². The van der Waals surface area contributed by atoms with Crippen molar-refractivity contribution in [2.75, 3.05) is 23.4 Å².